The van der Waals surface area contributed by atoms with Gasteiger partial charge in [-0.1, -0.05) is 29.5 Å². The molecule has 0 aliphatic carbocycles. The van der Waals surface area contributed by atoms with Gasteiger partial charge in [0.15, 0.2) is 0 Å². The summed E-state index contributed by atoms with van der Waals surface area (Å²) in [6, 6.07) is 18.0. The normalized spacial score (nSPS) is 10.5. The summed E-state index contributed by atoms with van der Waals surface area (Å²) in [5.41, 5.74) is 4.76. The van der Waals surface area contributed by atoms with Crippen molar-refractivity contribution in [2.45, 2.75) is 30.6 Å². The second-order valence-electron chi connectivity index (χ2n) is 6.04. The molecule has 0 saturated carbocycles. The Bertz CT molecular complexity index is 887. The Morgan fingerprint density at radius 3 is 2.36 bits per heavy atom. The van der Waals surface area contributed by atoms with Crippen molar-refractivity contribution in [3.63, 3.8) is 0 Å². The van der Waals surface area contributed by atoms with Crippen LogP contribution in [0, 0.1) is 20.8 Å². The minimum atomic E-state index is -0.151. The van der Waals surface area contributed by atoms with Crippen molar-refractivity contribution in [2.24, 2.45) is 0 Å². The van der Waals surface area contributed by atoms with E-state index in [2.05, 4.69) is 42.3 Å². The molecule has 0 aliphatic heterocycles. The summed E-state index contributed by atoms with van der Waals surface area (Å²) in [6.45, 7) is 6.12. The van der Waals surface area contributed by atoms with Gasteiger partial charge in [-0.3, -0.25) is 9.78 Å². The van der Waals surface area contributed by atoms with Gasteiger partial charge in [0.05, 0.1) is 5.56 Å². The highest BCUT2D eigenvalue weighted by atomic mass is 32.2. The second kappa shape index (κ2) is 7.53. The number of carbonyl (C=O) groups is 1. The number of carbonyl (C=O) groups excluding carboxylic acids is 1. The lowest BCUT2D eigenvalue weighted by atomic mass is 10.2. The zero-order valence-corrected chi connectivity index (χ0v) is 15.4. The van der Waals surface area contributed by atoms with Crippen LogP contribution < -0.4 is 5.32 Å². The van der Waals surface area contributed by atoms with Gasteiger partial charge in [-0.05, 0) is 68.8 Å². The molecule has 0 radical (unpaired) electrons. The molecule has 0 bridgehead atoms. The molecule has 25 heavy (non-hydrogen) atoms. The van der Waals surface area contributed by atoms with Crippen molar-refractivity contribution in [1.29, 1.82) is 0 Å². The summed E-state index contributed by atoms with van der Waals surface area (Å²) < 4.78 is 0. The van der Waals surface area contributed by atoms with Crippen molar-refractivity contribution in [3.8, 4) is 0 Å². The van der Waals surface area contributed by atoms with Crippen LogP contribution in [-0.4, -0.2) is 10.9 Å². The second-order valence-corrected chi connectivity index (χ2v) is 7.15. The van der Waals surface area contributed by atoms with Crippen molar-refractivity contribution in [2.75, 3.05) is 5.32 Å². The summed E-state index contributed by atoms with van der Waals surface area (Å²) in [5, 5.41) is 2.90. The highest BCUT2D eigenvalue weighted by Gasteiger charge is 2.07. The first-order valence-electron chi connectivity index (χ1n) is 8.10. The molecule has 1 aromatic heterocycles. The summed E-state index contributed by atoms with van der Waals surface area (Å²) in [6.07, 6.45) is 1.59. The lowest BCUT2D eigenvalue weighted by Crippen LogP contribution is -2.12. The third-order valence-electron chi connectivity index (χ3n) is 3.84. The van der Waals surface area contributed by atoms with Gasteiger partial charge in [-0.2, -0.15) is 0 Å². The highest BCUT2D eigenvalue weighted by molar-refractivity contribution is 7.99. The monoisotopic (exact) mass is 348 g/mol. The quantitative estimate of drug-likeness (QED) is 0.685. The Labute approximate surface area is 152 Å². The Morgan fingerprint density at radius 1 is 0.960 bits per heavy atom. The van der Waals surface area contributed by atoms with Gasteiger partial charge < -0.3 is 5.32 Å². The Balaban J connectivity index is 1.67. The number of pyridine rings is 1. The van der Waals surface area contributed by atoms with Crippen molar-refractivity contribution < 1.29 is 4.79 Å². The molecule has 4 heteroatoms. The Morgan fingerprint density at radius 2 is 1.72 bits per heavy atom. The van der Waals surface area contributed by atoms with E-state index < -0.39 is 0 Å². The summed E-state index contributed by atoms with van der Waals surface area (Å²) in [5.74, 6) is -0.151. The van der Waals surface area contributed by atoms with Crippen LogP contribution in [-0.2, 0) is 0 Å². The van der Waals surface area contributed by atoms with Gasteiger partial charge in [-0.15, -0.1) is 0 Å². The molecule has 0 unspecified atom stereocenters. The van der Waals surface area contributed by atoms with Gasteiger partial charge in [0, 0.05) is 27.4 Å². The Hall–Kier alpha value is -2.59. The topological polar surface area (TPSA) is 42.0 Å². The summed E-state index contributed by atoms with van der Waals surface area (Å²) in [7, 11) is 0. The number of anilines is 1. The first kappa shape index (κ1) is 17.2. The molecule has 2 aromatic carbocycles. The first-order valence-corrected chi connectivity index (χ1v) is 8.92. The maximum absolute atomic E-state index is 12.2. The van der Waals surface area contributed by atoms with Crippen LogP contribution >= 0.6 is 11.8 Å². The van der Waals surface area contributed by atoms with E-state index in [0.29, 0.717) is 5.56 Å². The van der Waals surface area contributed by atoms with Gasteiger partial charge in [0.1, 0.15) is 0 Å². The number of aromatic nitrogens is 1. The zero-order valence-electron chi connectivity index (χ0n) is 14.5. The van der Waals surface area contributed by atoms with E-state index in [4.69, 9.17) is 0 Å². The smallest absolute Gasteiger partial charge is 0.257 e. The number of amides is 1. The first-order chi connectivity index (χ1) is 12.0. The Kier molecular flexibility index (Phi) is 5.19. The van der Waals surface area contributed by atoms with Crippen LogP contribution in [0.4, 0.5) is 5.69 Å². The van der Waals surface area contributed by atoms with E-state index in [0.717, 1.165) is 16.3 Å². The third kappa shape index (κ3) is 4.48. The van der Waals surface area contributed by atoms with E-state index in [1.54, 1.807) is 24.0 Å². The maximum Gasteiger partial charge on any atom is 0.257 e. The van der Waals surface area contributed by atoms with Crippen molar-refractivity contribution in [1.82, 2.24) is 4.98 Å². The van der Waals surface area contributed by atoms with E-state index >= 15 is 0 Å². The van der Waals surface area contributed by atoms with Crippen LogP contribution in [0.3, 0.4) is 0 Å². The van der Waals surface area contributed by atoms with Crippen LogP contribution in [0.5, 0.6) is 0 Å². The van der Waals surface area contributed by atoms with E-state index in [1.165, 1.54) is 16.0 Å². The van der Waals surface area contributed by atoms with E-state index in [-0.39, 0.29) is 5.91 Å². The molecular weight excluding hydrogens is 328 g/mol. The predicted molar refractivity (Wildman–Crippen MR) is 103 cm³/mol. The number of nitrogens with zero attached hydrogens (tertiary/aromatic N) is 1. The van der Waals surface area contributed by atoms with Gasteiger partial charge in [0.25, 0.3) is 5.91 Å². The summed E-state index contributed by atoms with van der Waals surface area (Å²) in [4.78, 5) is 18.8. The van der Waals surface area contributed by atoms with Crippen LogP contribution in [0.15, 0.2) is 70.6 Å². The summed E-state index contributed by atoms with van der Waals surface area (Å²) >= 11 is 1.73. The number of hydrogen-bond donors (Lipinski definition) is 1. The average Bonchev–Trinajstić information content (AvgIpc) is 2.59. The van der Waals surface area contributed by atoms with Gasteiger partial charge >= 0.3 is 0 Å². The molecule has 0 atom stereocenters. The number of nitrogens with one attached hydrogen (secondary N) is 1. The third-order valence-corrected chi connectivity index (χ3v) is 5.03. The lowest BCUT2D eigenvalue weighted by molar-refractivity contribution is 0.102. The van der Waals surface area contributed by atoms with Crippen LogP contribution in [0.2, 0.25) is 0 Å². The van der Waals surface area contributed by atoms with Crippen molar-refractivity contribution >= 4 is 23.4 Å². The van der Waals surface area contributed by atoms with E-state index in [1.807, 2.05) is 37.3 Å². The van der Waals surface area contributed by atoms with Gasteiger partial charge in [-0.25, -0.2) is 0 Å². The average molecular weight is 348 g/mol. The zero-order chi connectivity index (χ0) is 17.8. The van der Waals surface area contributed by atoms with Crippen molar-refractivity contribution in [3.05, 3.63) is 83.2 Å². The molecule has 126 valence electrons. The fourth-order valence-electron chi connectivity index (χ4n) is 2.45. The molecule has 3 nitrogen and oxygen atoms in total. The molecule has 0 aliphatic rings. The predicted octanol–water partition coefficient (Wildman–Crippen LogP) is 5.41. The van der Waals surface area contributed by atoms with Gasteiger partial charge in [0.2, 0.25) is 0 Å². The molecule has 3 aromatic rings. The fraction of sp³-hybridized carbons (Fsp3) is 0.143. The SMILES string of the molecule is Cc1ccc(Sc2ccc(NC(=O)c3ccc(C)nc3)cc2)c(C)c1. The minimum absolute atomic E-state index is 0.151. The molecule has 0 saturated heterocycles. The molecule has 1 N–H and O–H groups in total. The number of benzene rings is 2. The van der Waals surface area contributed by atoms with E-state index in [9.17, 15) is 4.79 Å². The molecule has 0 fully saturated rings. The molecule has 0 spiro atoms. The number of hydrogen-bond acceptors (Lipinski definition) is 3. The minimum Gasteiger partial charge on any atom is -0.322 e. The number of aryl methyl sites for hydroxylation is 3. The molecule has 1 heterocycles. The molecular formula is C21H20N2OS. The maximum atomic E-state index is 12.2. The standard InChI is InChI=1S/C21H20N2OS/c1-14-4-11-20(15(2)12-14)25-19-9-7-18(8-10-19)23-21(24)17-6-5-16(3)22-13-17/h4-13H,1-3H3,(H,23,24). The van der Waals surface area contributed by atoms with Crippen LogP contribution in [0.25, 0.3) is 0 Å². The number of rotatable bonds is 4. The molecule has 1 amide bonds. The molecule has 3 rings (SSSR count). The lowest BCUT2D eigenvalue weighted by Gasteiger charge is -2.08. The van der Waals surface area contributed by atoms with Crippen LogP contribution in [0.1, 0.15) is 27.2 Å². The largest absolute Gasteiger partial charge is 0.322 e. The fourth-order valence-corrected chi connectivity index (χ4v) is 3.33. The highest BCUT2D eigenvalue weighted by Crippen LogP contribution is 2.31.